The van der Waals surface area contributed by atoms with Crippen LogP contribution in [0.5, 0.6) is 0 Å². The predicted octanol–water partition coefficient (Wildman–Crippen LogP) is 3.67. The molecule has 1 saturated carbocycles. The van der Waals surface area contributed by atoms with E-state index in [0.29, 0.717) is 24.7 Å². The third kappa shape index (κ3) is 4.88. The normalized spacial score (nSPS) is 23.2. The van der Waals surface area contributed by atoms with Gasteiger partial charge in [0.1, 0.15) is 0 Å². The van der Waals surface area contributed by atoms with Gasteiger partial charge in [-0.2, -0.15) is 0 Å². The van der Waals surface area contributed by atoms with E-state index in [1.807, 2.05) is 0 Å². The fourth-order valence-corrected chi connectivity index (χ4v) is 2.74. The number of rotatable bonds is 6. The topological polar surface area (TPSA) is 34.1 Å². The zero-order chi connectivity index (χ0) is 14.4. The van der Waals surface area contributed by atoms with Crippen LogP contribution in [0.3, 0.4) is 0 Å². The predicted molar refractivity (Wildman–Crippen MR) is 82.4 cm³/mol. The van der Waals surface area contributed by atoms with Crippen molar-refractivity contribution in [1.29, 1.82) is 0 Å². The van der Waals surface area contributed by atoms with Crippen molar-refractivity contribution in [2.24, 2.45) is 5.92 Å². The van der Waals surface area contributed by atoms with Crippen LogP contribution in [0.25, 0.3) is 0 Å². The summed E-state index contributed by atoms with van der Waals surface area (Å²) in [6, 6.07) is 6.70. The molecule has 1 heterocycles. The van der Waals surface area contributed by atoms with E-state index in [1.54, 1.807) is 0 Å². The van der Waals surface area contributed by atoms with Crippen LogP contribution in [0.2, 0.25) is 0 Å². The standard InChI is InChI=1S/C17H28N2O/c1-13(2)18-11-15-8-6-9-16(19-15)12-20-17-10-5-4-7-14(17)3/h6,8-9,13-14,17-18H,4-5,7,10-12H2,1-3H3. The van der Waals surface area contributed by atoms with Gasteiger partial charge < -0.3 is 10.1 Å². The lowest BCUT2D eigenvalue weighted by Gasteiger charge is -2.28. The van der Waals surface area contributed by atoms with Crippen molar-refractivity contribution in [2.45, 2.75) is 71.8 Å². The Morgan fingerprint density at radius 2 is 2.00 bits per heavy atom. The molecule has 1 aliphatic rings. The fourth-order valence-electron chi connectivity index (χ4n) is 2.74. The van der Waals surface area contributed by atoms with E-state index in [0.717, 1.165) is 17.9 Å². The highest BCUT2D eigenvalue weighted by Gasteiger charge is 2.21. The largest absolute Gasteiger partial charge is 0.372 e. The SMILES string of the molecule is CC(C)NCc1cccc(COC2CCCCC2C)n1. The summed E-state index contributed by atoms with van der Waals surface area (Å²) >= 11 is 0. The summed E-state index contributed by atoms with van der Waals surface area (Å²) in [4.78, 5) is 4.67. The molecular formula is C17H28N2O. The maximum absolute atomic E-state index is 6.08. The van der Waals surface area contributed by atoms with Crippen molar-refractivity contribution >= 4 is 0 Å². The van der Waals surface area contributed by atoms with Crippen molar-refractivity contribution < 1.29 is 4.74 Å². The molecular weight excluding hydrogens is 248 g/mol. The molecule has 0 bridgehead atoms. The molecule has 1 N–H and O–H groups in total. The Balaban J connectivity index is 1.84. The van der Waals surface area contributed by atoms with Crippen molar-refractivity contribution in [3.63, 3.8) is 0 Å². The van der Waals surface area contributed by atoms with Gasteiger partial charge >= 0.3 is 0 Å². The minimum Gasteiger partial charge on any atom is -0.372 e. The minimum absolute atomic E-state index is 0.419. The van der Waals surface area contributed by atoms with E-state index in [2.05, 4.69) is 49.3 Å². The van der Waals surface area contributed by atoms with E-state index in [1.165, 1.54) is 25.7 Å². The lowest BCUT2D eigenvalue weighted by molar-refractivity contribution is -0.0168. The summed E-state index contributed by atoms with van der Waals surface area (Å²) < 4.78 is 6.08. The van der Waals surface area contributed by atoms with Crippen molar-refractivity contribution in [2.75, 3.05) is 0 Å². The Kier molecular flexibility index (Phi) is 5.99. The summed E-state index contributed by atoms with van der Waals surface area (Å²) in [6.45, 7) is 8.07. The van der Waals surface area contributed by atoms with Gasteiger partial charge in [-0.15, -0.1) is 0 Å². The summed E-state index contributed by atoms with van der Waals surface area (Å²) in [5.41, 5.74) is 2.14. The number of hydrogen-bond acceptors (Lipinski definition) is 3. The minimum atomic E-state index is 0.419. The van der Waals surface area contributed by atoms with Crippen LogP contribution in [0.15, 0.2) is 18.2 Å². The van der Waals surface area contributed by atoms with Gasteiger partial charge in [0.25, 0.3) is 0 Å². The molecule has 112 valence electrons. The second-order valence-corrected chi connectivity index (χ2v) is 6.27. The number of nitrogens with one attached hydrogen (secondary N) is 1. The summed E-state index contributed by atoms with van der Waals surface area (Å²) in [5.74, 6) is 0.689. The Morgan fingerprint density at radius 3 is 2.75 bits per heavy atom. The molecule has 1 aromatic rings. The molecule has 0 radical (unpaired) electrons. The van der Waals surface area contributed by atoms with E-state index in [4.69, 9.17) is 4.74 Å². The molecule has 1 aliphatic carbocycles. The average Bonchev–Trinajstić information content (AvgIpc) is 2.45. The molecule has 2 rings (SSSR count). The van der Waals surface area contributed by atoms with Crippen LogP contribution < -0.4 is 5.32 Å². The van der Waals surface area contributed by atoms with Crippen molar-refractivity contribution in [3.8, 4) is 0 Å². The Morgan fingerprint density at radius 1 is 1.25 bits per heavy atom. The second kappa shape index (κ2) is 7.75. The van der Waals surface area contributed by atoms with Gasteiger partial charge in [-0.25, -0.2) is 0 Å². The summed E-state index contributed by atoms with van der Waals surface area (Å²) in [6.07, 6.45) is 5.59. The van der Waals surface area contributed by atoms with Crippen LogP contribution in [0.4, 0.5) is 0 Å². The number of hydrogen-bond donors (Lipinski definition) is 1. The molecule has 2 atom stereocenters. The second-order valence-electron chi connectivity index (χ2n) is 6.27. The van der Waals surface area contributed by atoms with Crippen LogP contribution in [0.1, 0.15) is 57.8 Å². The zero-order valence-electron chi connectivity index (χ0n) is 13.1. The van der Waals surface area contributed by atoms with Crippen molar-refractivity contribution in [3.05, 3.63) is 29.6 Å². The first-order valence-corrected chi connectivity index (χ1v) is 7.95. The van der Waals surface area contributed by atoms with Gasteiger partial charge in [0, 0.05) is 12.6 Å². The Bertz CT molecular complexity index is 406. The molecule has 0 amide bonds. The highest BCUT2D eigenvalue weighted by molar-refractivity contribution is 5.10. The van der Waals surface area contributed by atoms with Gasteiger partial charge in [-0.05, 0) is 30.9 Å². The smallest absolute Gasteiger partial charge is 0.0891 e. The van der Waals surface area contributed by atoms with Gasteiger partial charge in [0.05, 0.1) is 24.1 Å². The third-order valence-corrected chi connectivity index (χ3v) is 4.03. The highest BCUT2D eigenvalue weighted by Crippen LogP contribution is 2.26. The van der Waals surface area contributed by atoms with Crippen LogP contribution >= 0.6 is 0 Å². The third-order valence-electron chi connectivity index (χ3n) is 4.03. The zero-order valence-corrected chi connectivity index (χ0v) is 13.1. The number of aromatic nitrogens is 1. The molecule has 1 aromatic heterocycles. The van der Waals surface area contributed by atoms with Gasteiger partial charge in [-0.1, -0.05) is 39.7 Å². The molecule has 0 saturated heterocycles. The maximum atomic E-state index is 6.08. The van der Waals surface area contributed by atoms with E-state index in [9.17, 15) is 0 Å². The number of nitrogens with zero attached hydrogens (tertiary/aromatic N) is 1. The molecule has 3 heteroatoms. The summed E-state index contributed by atoms with van der Waals surface area (Å²) in [7, 11) is 0. The first kappa shape index (κ1) is 15.5. The molecule has 0 aromatic carbocycles. The van der Waals surface area contributed by atoms with E-state index >= 15 is 0 Å². The fraction of sp³-hybridized carbons (Fsp3) is 0.706. The van der Waals surface area contributed by atoms with Crippen LogP contribution in [0, 0.1) is 5.92 Å². The van der Waals surface area contributed by atoms with Gasteiger partial charge in [0.15, 0.2) is 0 Å². The Hall–Kier alpha value is -0.930. The molecule has 0 spiro atoms. The van der Waals surface area contributed by atoms with Crippen LogP contribution in [-0.4, -0.2) is 17.1 Å². The molecule has 0 aliphatic heterocycles. The van der Waals surface area contributed by atoms with E-state index < -0.39 is 0 Å². The number of pyridine rings is 1. The molecule has 3 nitrogen and oxygen atoms in total. The first-order chi connectivity index (χ1) is 9.65. The first-order valence-electron chi connectivity index (χ1n) is 7.95. The average molecular weight is 276 g/mol. The maximum Gasteiger partial charge on any atom is 0.0891 e. The van der Waals surface area contributed by atoms with Crippen molar-refractivity contribution in [1.82, 2.24) is 10.3 Å². The monoisotopic (exact) mass is 276 g/mol. The quantitative estimate of drug-likeness (QED) is 0.860. The number of ether oxygens (including phenoxy) is 1. The Labute approximate surface area is 123 Å². The molecule has 2 unspecified atom stereocenters. The lowest BCUT2D eigenvalue weighted by Crippen LogP contribution is -2.25. The van der Waals surface area contributed by atoms with Gasteiger partial charge in [0.2, 0.25) is 0 Å². The summed E-state index contributed by atoms with van der Waals surface area (Å²) in [5, 5.41) is 3.40. The van der Waals surface area contributed by atoms with E-state index in [-0.39, 0.29) is 0 Å². The molecule has 1 fully saturated rings. The highest BCUT2D eigenvalue weighted by atomic mass is 16.5. The lowest BCUT2D eigenvalue weighted by atomic mass is 9.88. The molecule has 20 heavy (non-hydrogen) atoms. The van der Waals surface area contributed by atoms with Gasteiger partial charge in [-0.3, -0.25) is 4.98 Å². The van der Waals surface area contributed by atoms with Crippen LogP contribution in [-0.2, 0) is 17.9 Å².